The maximum atomic E-state index is 11.4. The quantitative estimate of drug-likeness (QED) is 0.253. The van der Waals surface area contributed by atoms with Crippen LogP contribution in [-0.2, 0) is 29.0 Å². The molecule has 1 N–H and O–H groups in total. The lowest BCUT2D eigenvalue weighted by Gasteiger charge is -2.29. The van der Waals surface area contributed by atoms with Crippen LogP contribution in [0.5, 0.6) is 11.5 Å². The maximum absolute atomic E-state index is 11.4. The molecule has 1 saturated carbocycles. The fraction of sp³-hybridized carbons (Fsp3) is 0.424. The molecule has 0 aromatic heterocycles. The van der Waals surface area contributed by atoms with Crippen LogP contribution in [0, 0.1) is 0 Å². The van der Waals surface area contributed by atoms with E-state index in [9.17, 15) is 4.79 Å². The van der Waals surface area contributed by atoms with Crippen molar-refractivity contribution in [2.45, 2.75) is 77.6 Å². The lowest BCUT2D eigenvalue weighted by atomic mass is 9.94. The molecule has 4 rings (SSSR count). The van der Waals surface area contributed by atoms with Crippen molar-refractivity contribution in [1.82, 2.24) is 5.32 Å². The summed E-state index contributed by atoms with van der Waals surface area (Å²) in [7, 11) is 1.65. The summed E-state index contributed by atoms with van der Waals surface area (Å²) >= 11 is 6.08. The van der Waals surface area contributed by atoms with E-state index in [4.69, 9.17) is 25.8 Å². The van der Waals surface area contributed by atoms with Crippen molar-refractivity contribution >= 4 is 17.5 Å². The number of rotatable bonds is 12. The second-order valence-corrected chi connectivity index (χ2v) is 10.7. The summed E-state index contributed by atoms with van der Waals surface area (Å²) in [6, 6.07) is 20.8. The van der Waals surface area contributed by atoms with E-state index in [0.29, 0.717) is 18.2 Å². The van der Waals surface area contributed by atoms with Crippen molar-refractivity contribution in [3.63, 3.8) is 0 Å². The zero-order valence-electron chi connectivity index (χ0n) is 23.3. The second kappa shape index (κ2) is 14.4. The molecule has 1 aliphatic carbocycles. The third-order valence-electron chi connectivity index (χ3n) is 7.27. The normalized spacial score (nSPS) is 17.0. The van der Waals surface area contributed by atoms with E-state index in [-0.39, 0.29) is 18.1 Å². The number of carbonyl (C=O) groups excluding carboxylic acids is 1. The van der Waals surface area contributed by atoms with Gasteiger partial charge in [-0.1, -0.05) is 61.3 Å². The molecule has 5 nitrogen and oxygen atoms in total. The van der Waals surface area contributed by atoms with Gasteiger partial charge in [0.05, 0.1) is 25.9 Å². The van der Waals surface area contributed by atoms with Crippen molar-refractivity contribution in [1.29, 1.82) is 0 Å². The van der Waals surface area contributed by atoms with Crippen molar-refractivity contribution < 1.29 is 19.0 Å². The van der Waals surface area contributed by atoms with E-state index in [0.717, 1.165) is 62.0 Å². The summed E-state index contributed by atoms with van der Waals surface area (Å²) in [5.74, 6) is 1.65. The average Bonchev–Trinajstić information content (AvgIpc) is 2.94. The van der Waals surface area contributed by atoms with Crippen LogP contribution in [0.1, 0.15) is 62.6 Å². The highest BCUT2D eigenvalue weighted by Crippen LogP contribution is 2.33. The molecular formula is C33H40ClNO4. The first kappa shape index (κ1) is 29.0. The first-order valence-corrected chi connectivity index (χ1v) is 14.4. The zero-order valence-corrected chi connectivity index (χ0v) is 24.1. The molecular weight excluding hydrogens is 510 g/mol. The summed E-state index contributed by atoms with van der Waals surface area (Å²) < 4.78 is 18.2. The standard InChI is InChI=1S/C33H40ClNO4/c1-4-6-24-7-5-8-26(19-24)32-21-31(12-10-25(32)17-18-35-23(2)36)39-30-15-13-29(14-16-30)38-22-27-9-11-28(34)20-33(27)37-3/h5,7-12,19-21,29-30H,4,6,13-18,22H2,1-3H3,(H,35,36). The number of ether oxygens (including phenoxy) is 3. The number of methoxy groups -OCH3 is 1. The van der Waals surface area contributed by atoms with Gasteiger partial charge in [-0.2, -0.15) is 0 Å². The molecule has 0 unspecified atom stereocenters. The molecule has 0 atom stereocenters. The van der Waals surface area contributed by atoms with Crippen LogP contribution in [0.15, 0.2) is 60.7 Å². The molecule has 0 radical (unpaired) electrons. The summed E-state index contributed by atoms with van der Waals surface area (Å²) in [5.41, 5.74) is 5.92. The van der Waals surface area contributed by atoms with E-state index < -0.39 is 0 Å². The Kier molecular flexibility index (Phi) is 10.7. The monoisotopic (exact) mass is 549 g/mol. The molecule has 1 aliphatic rings. The molecule has 1 fully saturated rings. The van der Waals surface area contributed by atoms with E-state index >= 15 is 0 Å². The summed E-state index contributed by atoms with van der Waals surface area (Å²) in [6.07, 6.45) is 7.14. The molecule has 208 valence electrons. The average molecular weight is 550 g/mol. The highest BCUT2D eigenvalue weighted by molar-refractivity contribution is 6.30. The Morgan fingerprint density at radius 2 is 1.72 bits per heavy atom. The number of carbonyl (C=O) groups is 1. The Labute approximate surface area is 237 Å². The molecule has 0 aliphatic heterocycles. The number of aryl methyl sites for hydroxylation is 1. The molecule has 0 bridgehead atoms. The molecule has 39 heavy (non-hydrogen) atoms. The Hall–Kier alpha value is -3.02. The van der Waals surface area contributed by atoms with Crippen molar-refractivity contribution in [3.05, 3.63) is 82.4 Å². The number of halogens is 1. The fourth-order valence-electron chi connectivity index (χ4n) is 5.23. The van der Waals surface area contributed by atoms with Gasteiger partial charge in [0.15, 0.2) is 0 Å². The number of amides is 1. The van der Waals surface area contributed by atoms with Crippen LogP contribution in [0.2, 0.25) is 5.02 Å². The van der Waals surface area contributed by atoms with Gasteiger partial charge in [0.1, 0.15) is 11.5 Å². The first-order chi connectivity index (χ1) is 18.9. The molecule has 0 spiro atoms. The topological polar surface area (TPSA) is 56.8 Å². The second-order valence-electron chi connectivity index (χ2n) is 10.3. The van der Waals surface area contributed by atoms with Crippen LogP contribution in [-0.4, -0.2) is 31.8 Å². The van der Waals surface area contributed by atoms with Crippen LogP contribution < -0.4 is 14.8 Å². The van der Waals surface area contributed by atoms with Gasteiger partial charge < -0.3 is 19.5 Å². The summed E-state index contributed by atoms with van der Waals surface area (Å²) in [4.78, 5) is 11.4. The van der Waals surface area contributed by atoms with Gasteiger partial charge in [0.25, 0.3) is 0 Å². The fourth-order valence-corrected chi connectivity index (χ4v) is 5.39. The van der Waals surface area contributed by atoms with Gasteiger partial charge in [-0.25, -0.2) is 0 Å². The SMILES string of the molecule is CCCc1cccc(-c2cc(OC3CCC(OCc4ccc(Cl)cc4OC)CC3)ccc2CCNC(C)=O)c1. The summed E-state index contributed by atoms with van der Waals surface area (Å²) in [6.45, 7) is 4.88. The Balaban J connectivity index is 1.39. The van der Waals surface area contributed by atoms with Crippen LogP contribution in [0.4, 0.5) is 0 Å². The van der Waals surface area contributed by atoms with Gasteiger partial charge >= 0.3 is 0 Å². The van der Waals surface area contributed by atoms with Gasteiger partial charge in [-0.05, 0) is 85.0 Å². The number of nitrogens with one attached hydrogen (secondary N) is 1. The Morgan fingerprint density at radius 1 is 0.949 bits per heavy atom. The van der Waals surface area contributed by atoms with Gasteiger partial charge in [0.2, 0.25) is 5.91 Å². The molecule has 6 heteroatoms. The van der Waals surface area contributed by atoms with Gasteiger partial charge in [-0.3, -0.25) is 4.79 Å². The van der Waals surface area contributed by atoms with Crippen LogP contribution in [0.25, 0.3) is 11.1 Å². The van der Waals surface area contributed by atoms with Crippen molar-refractivity contribution in [2.24, 2.45) is 0 Å². The highest BCUT2D eigenvalue weighted by atomic mass is 35.5. The number of benzene rings is 3. The largest absolute Gasteiger partial charge is 0.496 e. The van der Waals surface area contributed by atoms with Crippen LogP contribution in [0.3, 0.4) is 0 Å². The van der Waals surface area contributed by atoms with E-state index in [1.807, 2.05) is 18.2 Å². The predicted octanol–water partition coefficient (Wildman–Crippen LogP) is 7.55. The minimum Gasteiger partial charge on any atom is -0.496 e. The smallest absolute Gasteiger partial charge is 0.216 e. The van der Waals surface area contributed by atoms with Crippen molar-refractivity contribution in [2.75, 3.05) is 13.7 Å². The number of hydrogen-bond acceptors (Lipinski definition) is 4. The van der Waals surface area contributed by atoms with Crippen LogP contribution >= 0.6 is 11.6 Å². The molecule has 1 amide bonds. The minimum absolute atomic E-state index is 0.00617. The van der Waals surface area contributed by atoms with Gasteiger partial charge in [0, 0.05) is 24.1 Å². The molecule has 0 heterocycles. The Morgan fingerprint density at radius 3 is 2.46 bits per heavy atom. The first-order valence-electron chi connectivity index (χ1n) is 14.0. The maximum Gasteiger partial charge on any atom is 0.216 e. The Bertz CT molecular complexity index is 1240. The minimum atomic E-state index is -0.00617. The highest BCUT2D eigenvalue weighted by Gasteiger charge is 2.24. The number of hydrogen-bond donors (Lipinski definition) is 1. The van der Waals surface area contributed by atoms with E-state index in [1.165, 1.54) is 22.3 Å². The molecule has 3 aromatic rings. The molecule has 0 saturated heterocycles. The van der Waals surface area contributed by atoms with E-state index in [1.54, 1.807) is 14.0 Å². The lowest BCUT2D eigenvalue weighted by molar-refractivity contribution is -0.118. The van der Waals surface area contributed by atoms with Crippen molar-refractivity contribution in [3.8, 4) is 22.6 Å². The zero-order chi connectivity index (χ0) is 27.6. The predicted molar refractivity (Wildman–Crippen MR) is 158 cm³/mol. The lowest BCUT2D eigenvalue weighted by Crippen LogP contribution is -2.28. The third kappa shape index (κ3) is 8.48. The van der Waals surface area contributed by atoms with E-state index in [2.05, 4.69) is 54.7 Å². The third-order valence-corrected chi connectivity index (χ3v) is 7.51. The van der Waals surface area contributed by atoms with Gasteiger partial charge in [-0.15, -0.1) is 0 Å². The summed E-state index contributed by atoms with van der Waals surface area (Å²) in [5, 5.41) is 3.58. The molecule has 3 aromatic carbocycles.